The molecule has 19 heavy (non-hydrogen) atoms. The number of halogens is 1. The molecule has 1 aliphatic rings. The third-order valence-corrected chi connectivity index (χ3v) is 7.25. The highest BCUT2D eigenvalue weighted by molar-refractivity contribution is 7.97. The number of rotatable bonds is 3. The Morgan fingerprint density at radius 3 is 2.58 bits per heavy atom. The Balaban J connectivity index is 2.20. The van der Waals surface area contributed by atoms with Crippen LogP contribution in [0.2, 0.25) is 5.02 Å². The van der Waals surface area contributed by atoms with E-state index in [0.717, 1.165) is 5.56 Å². The predicted molar refractivity (Wildman–Crippen MR) is 75.8 cm³/mol. The van der Waals surface area contributed by atoms with E-state index in [9.17, 15) is 16.8 Å². The minimum Gasteiger partial charge on any atom is -0.283 e. The summed E-state index contributed by atoms with van der Waals surface area (Å²) in [5.41, 5.74) is 1.19. The number of sulfonamides is 1. The standard InChI is InChI=1S/C11H14ClNO4S2/c1-8-2-3-9(6-11(8)12)13-19(16,17)10-4-5-18(14,15)7-10/h2-3,6,10,13H,4-5,7H2,1H3/t10-/m0/s1. The SMILES string of the molecule is Cc1ccc(NS(=O)(=O)[C@H]2CCS(=O)(=O)C2)cc1Cl. The lowest BCUT2D eigenvalue weighted by Crippen LogP contribution is -2.28. The van der Waals surface area contributed by atoms with Crippen molar-refractivity contribution in [1.82, 2.24) is 0 Å². The second-order valence-electron chi connectivity index (χ2n) is 4.64. The maximum atomic E-state index is 12.1. The Kier molecular flexibility index (Phi) is 3.81. The van der Waals surface area contributed by atoms with Crippen LogP contribution in [0.5, 0.6) is 0 Å². The summed E-state index contributed by atoms with van der Waals surface area (Å²) in [4.78, 5) is 0. The van der Waals surface area contributed by atoms with E-state index in [1.54, 1.807) is 12.1 Å². The Labute approximate surface area is 117 Å². The maximum Gasteiger partial charge on any atom is 0.236 e. The van der Waals surface area contributed by atoms with E-state index in [0.29, 0.717) is 10.7 Å². The third kappa shape index (κ3) is 3.40. The van der Waals surface area contributed by atoms with Crippen molar-refractivity contribution in [1.29, 1.82) is 0 Å². The molecule has 0 spiro atoms. The van der Waals surface area contributed by atoms with Gasteiger partial charge in [0.15, 0.2) is 9.84 Å². The molecule has 2 rings (SSSR count). The molecule has 0 bridgehead atoms. The lowest BCUT2D eigenvalue weighted by Gasteiger charge is -2.13. The molecule has 1 N–H and O–H groups in total. The molecule has 1 fully saturated rings. The number of hydrogen-bond acceptors (Lipinski definition) is 4. The first-order valence-electron chi connectivity index (χ1n) is 5.68. The van der Waals surface area contributed by atoms with Gasteiger partial charge in [0.1, 0.15) is 0 Å². The van der Waals surface area contributed by atoms with Crippen molar-refractivity contribution in [2.75, 3.05) is 16.2 Å². The van der Waals surface area contributed by atoms with Crippen molar-refractivity contribution in [3.05, 3.63) is 28.8 Å². The minimum atomic E-state index is -3.70. The molecular weight excluding hydrogens is 310 g/mol. The second-order valence-corrected chi connectivity index (χ2v) is 9.23. The molecule has 0 unspecified atom stereocenters. The zero-order valence-electron chi connectivity index (χ0n) is 10.3. The molecule has 0 aromatic heterocycles. The summed E-state index contributed by atoms with van der Waals surface area (Å²) in [6.45, 7) is 1.81. The van der Waals surface area contributed by atoms with E-state index in [-0.39, 0.29) is 17.9 Å². The number of benzene rings is 1. The molecule has 106 valence electrons. The normalized spacial score (nSPS) is 22.3. The van der Waals surface area contributed by atoms with E-state index >= 15 is 0 Å². The number of hydrogen-bond donors (Lipinski definition) is 1. The van der Waals surface area contributed by atoms with Gasteiger partial charge in [-0.1, -0.05) is 17.7 Å². The fourth-order valence-corrected chi connectivity index (χ4v) is 6.17. The van der Waals surface area contributed by atoms with Crippen LogP contribution < -0.4 is 4.72 Å². The number of aryl methyl sites for hydroxylation is 1. The summed E-state index contributed by atoms with van der Waals surface area (Å²) in [6.07, 6.45) is 0.136. The average Bonchev–Trinajstić information content (AvgIpc) is 2.65. The van der Waals surface area contributed by atoms with Crippen molar-refractivity contribution in [3.8, 4) is 0 Å². The minimum absolute atomic E-state index is 0.0762. The average molecular weight is 324 g/mol. The van der Waals surface area contributed by atoms with Gasteiger partial charge in [0.05, 0.1) is 16.8 Å². The summed E-state index contributed by atoms with van der Waals surface area (Å²) < 4.78 is 49.2. The van der Waals surface area contributed by atoms with E-state index in [1.807, 2.05) is 6.92 Å². The van der Waals surface area contributed by atoms with E-state index in [1.165, 1.54) is 6.07 Å². The first kappa shape index (κ1) is 14.6. The number of nitrogens with one attached hydrogen (secondary N) is 1. The summed E-state index contributed by atoms with van der Waals surface area (Å²) in [6, 6.07) is 4.81. The molecule has 0 radical (unpaired) electrons. The van der Waals surface area contributed by atoms with Crippen LogP contribution in [-0.4, -0.2) is 33.6 Å². The third-order valence-electron chi connectivity index (χ3n) is 3.06. The van der Waals surface area contributed by atoms with Gasteiger partial charge in [-0.3, -0.25) is 4.72 Å². The lowest BCUT2D eigenvalue weighted by atomic mass is 10.2. The molecule has 1 aliphatic heterocycles. The molecule has 0 aliphatic carbocycles. The van der Waals surface area contributed by atoms with Gasteiger partial charge < -0.3 is 0 Å². The van der Waals surface area contributed by atoms with Gasteiger partial charge >= 0.3 is 0 Å². The Morgan fingerprint density at radius 2 is 2.05 bits per heavy atom. The van der Waals surface area contributed by atoms with E-state index < -0.39 is 25.1 Å². The molecule has 1 aromatic rings. The van der Waals surface area contributed by atoms with Gasteiger partial charge in [0, 0.05) is 10.7 Å². The molecule has 1 saturated heterocycles. The zero-order valence-corrected chi connectivity index (χ0v) is 12.6. The monoisotopic (exact) mass is 323 g/mol. The van der Waals surface area contributed by atoms with Gasteiger partial charge in [-0.15, -0.1) is 0 Å². The fourth-order valence-electron chi connectivity index (χ4n) is 1.91. The Bertz CT molecular complexity index is 697. The predicted octanol–water partition coefficient (Wildman–Crippen LogP) is 1.58. The van der Waals surface area contributed by atoms with Crippen LogP contribution in [-0.2, 0) is 19.9 Å². The fraction of sp³-hybridized carbons (Fsp3) is 0.455. The Morgan fingerprint density at radius 1 is 1.37 bits per heavy atom. The smallest absolute Gasteiger partial charge is 0.236 e. The van der Waals surface area contributed by atoms with E-state index in [4.69, 9.17) is 11.6 Å². The highest BCUT2D eigenvalue weighted by Crippen LogP contribution is 2.24. The van der Waals surface area contributed by atoms with Crippen molar-refractivity contribution < 1.29 is 16.8 Å². The van der Waals surface area contributed by atoms with Crippen LogP contribution in [0.4, 0.5) is 5.69 Å². The van der Waals surface area contributed by atoms with Crippen molar-refractivity contribution in [2.45, 2.75) is 18.6 Å². The molecular formula is C11H14ClNO4S2. The topological polar surface area (TPSA) is 80.3 Å². The highest BCUT2D eigenvalue weighted by atomic mass is 35.5. The second kappa shape index (κ2) is 4.96. The van der Waals surface area contributed by atoms with Crippen molar-refractivity contribution in [2.24, 2.45) is 0 Å². The Hall–Kier alpha value is -0.790. The number of anilines is 1. The van der Waals surface area contributed by atoms with Gasteiger partial charge in [0.25, 0.3) is 0 Å². The molecule has 1 atom stereocenters. The van der Waals surface area contributed by atoms with Crippen LogP contribution in [0, 0.1) is 6.92 Å². The molecule has 0 saturated carbocycles. The summed E-state index contributed by atoms with van der Waals surface area (Å²) >= 11 is 5.92. The van der Waals surface area contributed by atoms with Crippen LogP contribution in [0.1, 0.15) is 12.0 Å². The first-order chi connectivity index (χ1) is 8.70. The largest absolute Gasteiger partial charge is 0.283 e. The molecule has 1 aromatic carbocycles. The van der Waals surface area contributed by atoms with E-state index in [2.05, 4.69) is 4.72 Å². The zero-order chi connectivity index (χ0) is 14.3. The van der Waals surface area contributed by atoms with Gasteiger partial charge in [0.2, 0.25) is 10.0 Å². The summed E-state index contributed by atoms with van der Waals surface area (Å²) in [5.74, 6) is -0.394. The summed E-state index contributed by atoms with van der Waals surface area (Å²) in [5, 5.41) is -0.433. The first-order valence-corrected chi connectivity index (χ1v) is 9.42. The maximum absolute atomic E-state index is 12.1. The van der Waals surface area contributed by atoms with Crippen LogP contribution in [0.25, 0.3) is 0 Å². The molecule has 5 nitrogen and oxygen atoms in total. The van der Waals surface area contributed by atoms with Crippen LogP contribution in [0.15, 0.2) is 18.2 Å². The van der Waals surface area contributed by atoms with Crippen molar-refractivity contribution >= 4 is 37.1 Å². The molecule has 0 amide bonds. The molecule has 1 heterocycles. The van der Waals surface area contributed by atoms with Crippen LogP contribution >= 0.6 is 11.6 Å². The van der Waals surface area contributed by atoms with Crippen molar-refractivity contribution in [3.63, 3.8) is 0 Å². The van der Waals surface area contributed by atoms with Gasteiger partial charge in [-0.05, 0) is 31.0 Å². The highest BCUT2D eigenvalue weighted by Gasteiger charge is 2.37. The summed E-state index contributed by atoms with van der Waals surface area (Å²) in [7, 11) is -6.93. The lowest BCUT2D eigenvalue weighted by molar-refractivity contribution is 0.587. The van der Waals surface area contributed by atoms with Gasteiger partial charge in [-0.25, -0.2) is 16.8 Å². The molecule has 8 heteroatoms. The quantitative estimate of drug-likeness (QED) is 0.915. The number of sulfone groups is 1. The van der Waals surface area contributed by atoms with Crippen LogP contribution in [0.3, 0.4) is 0 Å². The van der Waals surface area contributed by atoms with Gasteiger partial charge in [-0.2, -0.15) is 0 Å².